The van der Waals surface area contributed by atoms with Crippen molar-refractivity contribution >= 4 is 22.9 Å². The van der Waals surface area contributed by atoms with Crippen LogP contribution in [0.15, 0.2) is 45.6 Å². The summed E-state index contributed by atoms with van der Waals surface area (Å²) in [5.74, 6) is 0.885. The third kappa shape index (κ3) is 4.27. The summed E-state index contributed by atoms with van der Waals surface area (Å²) in [7, 11) is 0. The Morgan fingerprint density at radius 2 is 2.04 bits per heavy atom. The van der Waals surface area contributed by atoms with E-state index in [9.17, 15) is 4.79 Å². The van der Waals surface area contributed by atoms with E-state index in [1.165, 1.54) is 0 Å². The zero-order chi connectivity index (χ0) is 16.8. The average molecular weight is 343 g/mol. The molecule has 24 heavy (non-hydrogen) atoms. The second kappa shape index (κ2) is 7.85. The molecule has 2 heterocycles. The van der Waals surface area contributed by atoms with Gasteiger partial charge in [0.15, 0.2) is 0 Å². The first-order valence-corrected chi connectivity index (χ1v) is 8.53. The molecule has 1 aromatic carbocycles. The summed E-state index contributed by atoms with van der Waals surface area (Å²) in [6.45, 7) is 0.114. The summed E-state index contributed by atoms with van der Waals surface area (Å²) in [6.07, 6.45) is 1.27. The van der Waals surface area contributed by atoms with E-state index in [0.29, 0.717) is 24.6 Å². The van der Waals surface area contributed by atoms with Crippen molar-refractivity contribution in [2.75, 3.05) is 11.9 Å². The Hall–Kier alpha value is -2.51. The van der Waals surface area contributed by atoms with Gasteiger partial charge >= 0.3 is 0 Å². The quantitative estimate of drug-likeness (QED) is 0.689. The van der Waals surface area contributed by atoms with Crippen LogP contribution in [0.4, 0.5) is 5.69 Å². The second-order valence-electron chi connectivity index (χ2n) is 5.24. The van der Waals surface area contributed by atoms with Gasteiger partial charge in [0.05, 0.1) is 0 Å². The molecule has 0 fully saturated rings. The molecule has 1 amide bonds. The number of aliphatic hydroxyl groups is 1. The maximum absolute atomic E-state index is 12.0. The van der Waals surface area contributed by atoms with Crippen LogP contribution in [0.5, 0.6) is 0 Å². The van der Waals surface area contributed by atoms with Gasteiger partial charge in [-0.05, 0) is 35.6 Å². The molecule has 124 valence electrons. The lowest BCUT2D eigenvalue weighted by Crippen LogP contribution is -2.12. The van der Waals surface area contributed by atoms with Gasteiger partial charge in [-0.3, -0.25) is 4.79 Å². The number of amides is 1. The number of aromatic nitrogens is 2. The van der Waals surface area contributed by atoms with E-state index in [4.69, 9.17) is 9.63 Å². The summed E-state index contributed by atoms with van der Waals surface area (Å²) >= 11 is 1.57. The van der Waals surface area contributed by atoms with Gasteiger partial charge in [0.2, 0.25) is 17.6 Å². The number of hydrogen-bond acceptors (Lipinski definition) is 6. The standard InChI is InChI=1S/C17H17N3O3S/c21-9-7-12-1-3-14(4-2-12)18-15(22)5-6-16-19-17(20-23-16)13-8-10-24-11-13/h1-4,8,10-11,21H,5-7,9H2,(H,18,22). The Morgan fingerprint density at radius 1 is 1.21 bits per heavy atom. The van der Waals surface area contributed by atoms with Crippen LogP contribution < -0.4 is 5.32 Å². The SMILES string of the molecule is O=C(CCc1nc(-c2ccsc2)no1)Nc1ccc(CCO)cc1. The Kier molecular flexibility index (Phi) is 5.35. The molecule has 0 saturated carbocycles. The maximum Gasteiger partial charge on any atom is 0.227 e. The third-order valence-corrected chi connectivity index (χ3v) is 4.13. The lowest BCUT2D eigenvalue weighted by atomic mass is 10.1. The summed E-state index contributed by atoms with van der Waals surface area (Å²) in [5, 5.41) is 19.5. The van der Waals surface area contributed by atoms with Gasteiger partial charge in [0.25, 0.3) is 0 Å². The van der Waals surface area contributed by atoms with Crippen molar-refractivity contribution in [2.24, 2.45) is 0 Å². The Bertz CT molecular complexity index is 782. The highest BCUT2D eigenvalue weighted by Gasteiger charge is 2.11. The van der Waals surface area contributed by atoms with Crippen molar-refractivity contribution in [1.29, 1.82) is 0 Å². The van der Waals surface area contributed by atoms with Gasteiger partial charge in [0.1, 0.15) is 0 Å². The molecule has 0 saturated heterocycles. The number of aliphatic hydroxyl groups excluding tert-OH is 1. The number of benzene rings is 1. The van der Waals surface area contributed by atoms with Gasteiger partial charge in [-0.1, -0.05) is 17.3 Å². The number of nitrogens with one attached hydrogen (secondary N) is 1. The minimum Gasteiger partial charge on any atom is -0.396 e. The first-order valence-electron chi connectivity index (χ1n) is 7.59. The third-order valence-electron chi connectivity index (χ3n) is 3.45. The summed E-state index contributed by atoms with van der Waals surface area (Å²) < 4.78 is 5.17. The Morgan fingerprint density at radius 3 is 2.75 bits per heavy atom. The lowest BCUT2D eigenvalue weighted by molar-refractivity contribution is -0.116. The van der Waals surface area contributed by atoms with Crippen LogP contribution >= 0.6 is 11.3 Å². The largest absolute Gasteiger partial charge is 0.396 e. The van der Waals surface area contributed by atoms with Crippen LogP contribution in [0.1, 0.15) is 17.9 Å². The van der Waals surface area contributed by atoms with Crippen molar-refractivity contribution < 1.29 is 14.4 Å². The van der Waals surface area contributed by atoms with Gasteiger partial charge in [-0.2, -0.15) is 16.3 Å². The van der Waals surface area contributed by atoms with Crippen LogP contribution in [0.2, 0.25) is 0 Å². The molecule has 2 aromatic heterocycles. The van der Waals surface area contributed by atoms with Crippen molar-refractivity contribution in [3.8, 4) is 11.4 Å². The molecular weight excluding hydrogens is 326 g/mol. The molecule has 0 radical (unpaired) electrons. The fraction of sp³-hybridized carbons (Fsp3) is 0.235. The highest BCUT2D eigenvalue weighted by atomic mass is 32.1. The molecule has 0 bridgehead atoms. The minimum absolute atomic E-state index is 0.111. The molecular formula is C17H17N3O3S. The normalized spacial score (nSPS) is 10.7. The number of hydrogen-bond donors (Lipinski definition) is 2. The van der Waals surface area contributed by atoms with E-state index in [-0.39, 0.29) is 18.9 Å². The zero-order valence-electron chi connectivity index (χ0n) is 12.9. The molecule has 2 N–H and O–H groups in total. The highest BCUT2D eigenvalue weighted by molar-refractivity contribution is 7.08. The van der Waals surface area contributed by atoms with Crippen molar-refractivity contribution in [2.45, 2.75) is 19.3 Å². The van der Waals surface area contributed by atoms with Crippen LogP contribution in [-0.2, 0) is 17.6 Å². The van der Waals surface area contributed by atoms with E-state index in [1.807, 2.05) is 41.1 Å². The monoisotopic (exact) mass is 343 g/mol. The molecule has 0 spiro atoms. The number of aryl methyl sites for hydroxylation is 1. The van der Waals surface area contributed by atoms with Crippen molar-refractivity contribution in [3.63, 3.8) is 0 Å². The molecule has 0 aliphatic heterocycles. The summed E-state index contributed by atoms with van der Waals surface area (Å²) in [4.78, 5) is 16.3. The minimum atomic E-state index is -0.111. The predicted molar refractivity (Wildman–Crippen MR) is 91.8 cm³/mol. The predicted octanol–water partition coefficient (Wildman–Crippen LogP) is 2.90. The van der Waals surface area contributed by atoms with E-state index in [2.05, 4.69) is 15.5 Å². The number of thiophene rings is 1. The fourth-order valence-corrected chi connectivity index (χ4v) is 2.83. The van der Waals surface area contributed by atoms with Gasteiger partial charge in [-0.15, -0.1) is 0 Å². The smallest absolute Gasteiger partial charge is 0.227 e. The topological polar surface area (TPSA) is 88.2 Å². The first kappa shape index (κ1) is 16.4. The highest BCUT2D eigenvalue weighted by Crippen LogP contribution is 2.19. The average Bonchev–Trinajstić information content (AvgIpc) is 3.26. The van der Waals surface area contributed by atoms with Crippen LogP contribution in [0, 0.1) is 0 Å². The Labute approximate surface area is 143 Å². The zero-order valence-corrected chi connectivity index (χ0v) is 13.8. The van der Waals surface area contributed by atoms with E-state index in [1.54, 1.807) is 11.3 Å². The molecule has 3 rings (SSSR count). The molecule has 7 heteroatoms. The Balaban J connectivity index is 1.50. The number of anilines is 1. The maximum atomic E-state index is 12.0. The molecule has 0 atom stereocenters. The second-order valence-corrected chi connectivity index (χ2v) is 6.02. The van der Waals surface area contributed by atoms with E-state index < -0.39 is 0 Å². The van der Waals surface area contributed by atoms with Crippen LogP contribution in [-0.4, -0.2) is 27.8 Å². The molecule has 3 aromatic rings. The lowest BCUT2D eigenvalue weighted by Gasteiger charge is -2.05. The van der Waals surface area contributed by atoms with Gasteiger partial charge < -0.3 is 14.9 Å². The molecule has 0 aliphatic rings. The number of rotatable bonds is 7. The van der Waals surface area contributed by atoms with Gasteiger partial charge in [0, 0.05) is 36.1 Å². The summed E-state index contributed by atoms with van der Waals surface area (Å²) in [6, 6.07) is 9.34. The van der Waals surface area contributed by atoms with Crippen LogP contribution in [0.25, 0.3) is 11.4 Å². The molecule has 0 aliphatic carbocycles. The number of carbonyl (C=O) groups excluding carboxylic acids is 1. The number of nitrogens with zero attached hydrogens (tertiary/aromatic N) is 2. The van der Waals surface area contributed by atoms with Crippen LogP contribution in [0.3, 0.4) is 0 Å². The van der Waals surface area contributed by atoms with E-state index in [0.717, 1.165) is 16.8 Å². The van der Waals surface area contributed by atoms with Gasteiger partial charge in [-0.25, -0.2) is 0 Å². The number of carbonyl (C=O) groups is 1. The summed E-state index contributed by atoms with van der Waals surface area (Å²) in [5.41, 5.74) is 2.68. The fourth-order valence-electron chi connectivity index (χ4n) is 2.19. The molecule has 0 unspecified atom stereocenters. The van der Waals surface area contributed by atoms with Crippen molar-refractivity contribution in [3.05, 3.63) is 52.5 Å². The first-order chi connectivity index (χ1) is 11.7. The van der Waals surface area contributed by atoms with Crippen molar-refractivity contribution in [1.82, 2.24) is 10.1 Å². The molecule has 6 nitrogen and oxygen atoms in total. The van der Waals surface area contributed by atoms with E-state index >= 15 is 0 Å².